The van der Waals surface area contributed by atoms with E-state index in [1.54, 1.807) is 0 Å². The highest BCUT2D eigenvalue weighted by atomic mass is 16.1. The largest absolute Gasteiger partial charge is 0.299 e. The molecule has 1 heteroatoms. The van der Waals surface area contributed by atoms with Crippen molar-refractivity contribution in [1.82, 2.24) is 0 Å². The molecular formula is C10H14O. The Morgan fingerprint density at radius 1 is 1.45 bits per heavy atom. The van der Waals surface area contributed by atoms with E-state index in [2.05, 4.69) is 13.8 Å². The molecule has 4 atom stereocenters. The quantitative estimate of drug-likeness (QED) is 0.516. The third kappa shape index (κ3) is 0.361. The average Bonchev–Trinajstić information content (AvgIpc) is 2.27. The molecule has 0 heterocycles. The van der Waals surface area contributed by atoms with Crippen LogP contribution in [0.2, 0.25) is 0 Å². The zero-order valence-electron chi connectivity index (χ0n) is 7.18. The van der Waals surface area contributed by atoms with Gasteiger partial charge in [-0.05, 0) is 30.6 Å². The molecule has 0 unspecified atom stereocenters. The first-order valence-corrected chi connectivity index (χ1v) is 4.64. The SMILES string of the molecule is C[C@@]12CC[C@H]3[C@H](C[C@@]31C)C2=O. The maximum absolute atomic E-state index is 11.7. The van der Waals surface area contributed by atoms with Gasteiger partial charge in [0.15, 0.2) is 0 Å². The second-order valence-corrected chi connectivity index (χ2v) is 5.07. The van der Waals surface area contributed by atoms with Crippen LogP contribution >= 0.6 is 0 Å². The zero-order chi connectivity index (χ0) is 7.85. The van der Waals surface area contributed by atoms with Gasteiger partial charge in [0.1, 0.15) is 5.78 Å². The monoisotopic (exact) mass is 150 g/mol. The fraction of sp³-hybridized carbons (Fsp3) is 0.900. The Labute approximate surface area is 67.2 Å². The minimum absolute atomic E-state index is 0.0995. The maximum atomic E-state index is 11.7. The van der Waals surface area contributed by atoms with Crippen LogP contribution in [0.3, 0.4) is 0 Å². The van der Waals surface area contributed by atoms with Gasteiger partial charge >= 0.3 is 0 Å². The van der Waals surface area contributed by atoms with Crippen molar-refractivity contribution in [1.29, 1.82) is 0 Å². The third-order valence-corrected chi connectivity index (χ3v) is 5.04. The van der Waals surface area contributed by atoms with E-state index in [1.807, 2.05) is 0 Å². The normalized spacial score (nSPS) is 65.1. The molecule has 4 saturated carbocycles. The van der Waals surface area contributed by atoms with Crippen LogP contribution in [-0.2, 0) is 4.79 Å². The van der Waals surface area contributed by atoms with Gasteiger partial charge in [-0.15, -0.1) is 0 Å². The first kappa shape index (κ1) is 6.22. The van der Waals surface area contributed by atoms with Crippen LogP contribution in [0.25, 0.3) is 0 Å². The molecule has 0 aliphatic heterocycles. The summed E-state index contributed by atoms with van der Waals surface area (Å²) in [6.07, 6.45) is 3.69. The van der Waals surface area contributed by atoms with Crippen molar-refractivity contribution >= 4 is 5.78 Å². The first-order chi connectivity index (χ1) is 5.09. The van der Waals surface area contributed by atoms with Gasteiger partial charge in [0.05, 0.1) is 0 Å². The van der Waals surface area contributed by atoms with Crippen molar-refractivity contribution in [2.45, 2.75) is 33.1 Å². The summed E-state index contributed by atoms with van der Waals surface area (Å²) in [5.41, 5.74) is 0.525. The molecule has 0 aromatic rings. The number of hydrogen-bond donors (Lipinski definition) is 0. The summed E-state index contributed by atoms with van der Waals surface area (Å²) in [7, 11) is 0. The van der Waals surface area contributed by atoms with Gasteiger partial charge in [0.2, 0.25) is 0 Å². The van der Waals surface area contributed by atoms with E-state index >= 15 is 0 Å². The summed E-state index contributed by atoms with van der Waals surface area (Å²) in [5.74, 6) is 1.86. The summed E-state index contributed by atoms with van der Waals surface area (Å²) < 4.78 is 0. The van der Waals surface area contributed by atoms with Crippen LogP contribution in [-0.4, -0.2) is 5.78 Å². The maximum Gasteiger partial charge on any atom is 0.142 e. The molecule has 11 heavy (non-hydrogen) atoms. The van der Waals surface area contributed by atoms with Crippen LogP contribution in [0.4, 0.5) is 0 Å². The summed E-state index contributed by atoms with van der Waals surface area (Å²) in [6, 6.07) is 0. The Hall–Kier alpha value is -0.330. The molecule has 0 aromatic heterocycles. The highest BCUT2D eigenvalue weighted by Gasteiger charge is 2.75. The summed E-state index contributed by atoms with van der Waals surface area (Å²) in [4.78, 5) is 11.7. The van der Waals surface area contributed by atoms with Crippen molar-refractivity contribution in [2.24, 2.45) is 22.7 Å². The molecule has 0 amide bonds. The lowest BCUT2D eigenvalue weighted by Crippen LogP contribution is -2.38. The van der Waals surface area contributed by atoms with Crippen molar-refractivity contribution < 1.29 is 4.79 Å². The van der Waals surface area contributed by atoms with E-state index < -0.39 is 0 Å². The predicted molar refractivity (Wildman–Crippen MR) is 42.1 cm³/mol. The lowest BCUT2D eigenvalue weighted by molar-refractivity contribution is -0.128. The first-order valence-electron chi connectivity index (χ1n) is 4.64. The van der Waals surface area contributed by atoms with E-state index in [9.17, 15) is 4.79 Å². The average molecular weight is 150 g/mol. The zero-order valence-corrected chi connectivity index (χ0v) is 7.18. The fourth-order valence-corrected chi connectivity index (χ4v) is 4.01. The molecule has 4 fully saturated rings. The second-order valence-electron chi connectivity index (χ2n) is 5.07. The van der Waals surface area contributed by atoms with Crippen LogP contribution in [0.15, 0.2) is 0 Å². The van der Waals surface area contributed by atoms with Gasteiger partial charge in [0, 0.05) is 11.3 Å². The summed E-state index contributed by atoms with van der Waals surface area (Å²) in [6.45, 7) is 4.52. The molecule has 0 spiro atoms. The molecule has 4 rings (SSSR count). The topological polar surface area (TPSA) is 17.1 Å². The molecule has 4 aliphatic rings. The Kier molecular flexibility index (Phi) is 0.733. The Morgan fingerprint density at radius 3 is 2.55 bits per heavy atom. The van der Waals surface area contributed by atoms with Crippen molar-refractivity contribution in [2.75, 3.05) is 0 Å². The Morgan fingerprint density at radius 2 is 2.18 bits per heavy atom. The number of Topliss-reactive ketones (excluding diaryl/α,β-unsaturated/α-hetero) is 1. The predicted octanol–water partition coefficient (Wildman–Crippen LogP) is 2.01. The van der Waals surface area contributed by atoms with Gasteiger partial charge in [0.25, 0.3) is 0 Å². The third-order valence-electron chi connectivity index (χ3n) is 5.04. The number of rotatable bonds is 0. The van der Waals surface area contributed by atoms with Crippen molar-refractivity contribution in [3.05, 3.63) is 0 Å². The molecule has 0 N–H and O–H groups in total. The number of hydrogen-bond acceptors (Lipinski definition) is 1. The second kappa shape index (κ2) is 1.30. The van der Waals surface area contributed by atoms with E-state index in [0.29, 0.717) is 17.1 Å². The molecule has 0 aromatic carbocycles. The molecule has 4 bridgehead atoms. The van der Waals surface area contributed by atoms with Gasteiger partial charge in [-0.2, -0.15) is 0 Å². The fourth-order valence-electron chi connectivity index (χ4n) is 4.01. The van der Waals surface area contributed by atoms with E-state index in [0.717, 1.165) is 5.92 Å². The number of ketones is 1. The summed E-state index contributed by atoms with van der Waals surface area (Å²) in [5, 5.41) is 0. The minimum Gasteiger partial charge on any atom is -0.299 e. The van der Waals surface area contributed by atoms with Crippen LogP contribution in [0, 0.1) is 22.7 Å². The molecular weight excluding hydrogens is 136 g/mol. The lowest BCUT2D eigenvalue weighted by atomic mass is 9.60. The van der Waals surface area contributed by atoms with E-state index in [-0.39, 0.29) is 5.41 Å². The minimum atomic E-state index is 0.0995. The van der Waals surface area contributed by atoms with Gasteiger partial charge < -0.3 is 0 Å². The van der Waals surface area contributed by atoms with Crippen LogP contribution in [0.1, 0.15) is 33.1 Å². The van der Waals surface area contributed by atoms with Gasteiger partial charge in [-0.3, -0.25) is 4.79 Å². The van der Waals surface area contributed by atoms with E-state index in [1.165, 1.54) is 19.3 Å². The molecule has 4 aliphatic carbocycles. The smallest absolute Gasteiger partial charge is 0.142 e. The highest BCUT2D eigenvalue weighted by molar-refractivity contribution is 5.94. The van der Waals surface area contributed by atoms with Crippen molar-refractivity contribution in [3.63, 3.8) is 0 Å². The Balaban J connectivity index is 2.22. The standard InChI is InChI=1S/C10H14O/c1-9-4-3-7-6(8(9)11)5-10(7,9)2/h6-7H,3-5H2,1-2H3/t6-,7-,9-,10-/m0/s1. The van der Waals surface area contributed by atoms with Crippen LogP contribution in [0.5, 0.6) is 0 Å². The molecule has 0 saturated heterocycles. The van der Waals surface area contributed by atoms with E-state index in [4.69, 9.17) is 0 Å². The molecule has 0 radical (unpaired) electrons. The lowest BCUT2D eigenvalue weighted by Gasteiger charge is -2.43. The molecule has 1 nitrogen and oxygen atoms in total. The number of carbonyl (C=O) groups excluding carboxylic acids is 1. The van der Waals surface area contributed by atoms with Crippen LogP contribution < -0.4 is 0 Å². The van der Waals surface area contributed by atoms with Gasteiger partial charge in [-0.25, -0.2) is 0 Å². The summed E-state index contributed by atoms with van der Waals surface area (Å²) >= 11 is 0. The number of carbonyl (C=O) groups is 1. The van der Waals surface area contributed by atoms with Gasteiger partial charge in [-0.1, -0.05) is 13.8 Å². The molecule has 60 valence electrons. The Bertz CT molecular complexity index is 258. The highest BCUT2D eigenvalue weighted by Crippen LogP contribution is 2.76. The van der Waals surface area contributed by atoms with Crippen molar-refractivity contribution in [3.8, 4) is 0 Å².